The second kappa shape index (κ2) is 6.74. The van der Waals surface area contributed by atoms with Gasteiger partial charge >= 0.3 is 0 Å². The molecule has 2 aromatic heterocycles. The van der Waals surface area contributed by atoms with Crippen LogP contribution in [0.3, 0.4) is 0 Å². The number of rotatable bonds is 3. The number of nitrogens with zero attached hydrogens (tertiary/aromatic N) is 4. The molecule has 4 nitrogen and oxygen atoms in total. The molecule has 3 aromatic carbocycles. The molecule has 0 bridgehead atoms. The van der Waals surface area contributed by atoms with Gasteiger partial charge in [-0.15, -0.1) is 0 Å². The van der Waals surface area contributed by atoms with E-state index >= 15 is 0 Å². The second-order valence-electron chi connectivity index (χ2n) is 6.66. The van der Waals surface area contributed by atoms with E-state index in [2.05, 4.69) is 36.4 Å². The van der Waals surface area contributed by atoms with Gasteiger partial charge in [-0.1, -0.05) is 91.0 Å². The molecule has 0 aliphatic rings. The predicted molar refractivity (Wildman–Crippen MR) is 112 cm³/mol. The summed E-state index contributed by atoms with van der Waals surface area (Å²) in [7, 11) is 0. The molecule has 28 heavy (non-hydrogen) atoms. The Balaban J connectivity index is 1.84. The summed E-state index contributed by atoms with van der Waals surface area (Å²) in [4.78, 5) is 9.62. The maximum absolute atomic E-state index is 5.01. The molecule has 0 spiro atoms. The number of imidazole rings is 1. The molecule has 0 aliphatic carbocycles. The number of hydrogen-bond donors (Lipinski definition) is 0. The molecule has 0 saturated heterocycles. The Bertz CT molecular complexity index is 1240. The standard InChI is InChI=1S/C24H18N4/c1-17-23(20-15-9-4-10-16-20)28-24(25-17)26-21(18-11-5-2-6-12-18)22(27-28)19-13-7-3-8-14-19/h2-16H,1H3. The smallest absolute Gasteiger partial charge is 0.214 e. The lowest BCUT2D eigenvalue weighted by molar-refractivity contribution is 0.918. The highest BCUT2D eigenvalue weighted by atomic mass is 15.3. The molecule has 0 N–H and O–H groups in total. The number of aryl methyl sites for hydroxylation is 1. The molecule has 4 heteroatoms. The summed E-state index contributed by atoms with van der Waals surface area (Å²) in [6, 6.07) is 30.5. The molecule has 2 heterocycles. The Morgan fingerprint density at radius 3 is 1.64 bits per heavy atom. The van der Waals surface area contributed by atoms with Crippen molar-refractivity contribution in [2.75, 3.05) is 0 Å². The summed E-state index contributed by atoms with van der Waals surface area (Å²) in [5, 5.41) is 5.01. The van der Waals surface area contributed by atoms with Crippen LogP contribution in [-0.2, 0) is 0 Å². The van der Waals surface area contributed by atoms with Crippen molar-refractivity contribution in [3.05, 3.63) is 96.7 Å². The van der Waals surface area contributed by atoms with Gasteiger partial charge in [0.25, 0.3) is 5.78 Å². The minimum atomic E-state index is 0.606. The van der Waals surface area contributed by atoms with Crippen LogP contribution < -0.4 is 0 Å². The Hall–Kier alpha value is -3.79. The van der Waals surface area contributed by atoms with Crippen molar-refractivity contribution in [1.82, 2.24) is 19.6 Å². The van der Waals surface area contributed by atoms with Crippen molar-refractivity contribution >= 4 is 5.78 Å². The van der Waals surface area contributed by atoms with Crippen LogP contribution in [0.15, 0.2) is 91.0 Å². The number of fused-ring (bicyclic) bond motifs is 1. The van der Waals surface area contributed by atoms with Crippen LogP contribution in [0.4, 0.5) is 0 Å². The van der Waals surface area contributed by atoms with Crippen molar-refractivity contribution in [3.63, 3.8) is 0 Å². The maximum atomic E-state index is 5.01. The van der Waals surface area contributed by atoms with Gasteiger partial charge in [0.05, 0.1) is 11.4 Å². The molecule has 0 fully saturated rings. The van der Waals surface area contributed by atoms with Crippen molar-refractivity contribution in [1.29, 1.82) is 0 Å². The molecule has 0 amide bonds. The third-order valence-corrected chi connectivity index (χ3v) is 4.79. The van der Waals surface area contributed by atoms with Crippen LogP contribution in [0.1, 0.15) is 5.69 Å². The largest absolute Gasteiger partial charge is 0.252 e. The molecule has 0 radical (unpaired) electrons. The summed E-state index contributed by atoms with van der Waals surface area (Å²) < 4.78 is 1.86. The van der Waals surface area contributed by atoms with Gasteiger partial charge in [0.15, 0.2) is 0 Å². The predicted octanol–water partition coefficient (Wildman–Crippen LogP) is 5.43. The molecule has 0 atom stereocenters. The van der Waals surface area contributed by atoms with Crippen molar-refractivity contribution in [2.24, 2.45) is 0 Å². The van der Waals surface area contributed by atoms with Crippen LogP contribution in [0.2, 0.25) is 0 Å². The first-order valence-corrected chi connectivity index (χ1v) is 9.25. The zero-order valence-electron chi connectivity index (χ0n) is 15.4. The molecule has 134 valence electrons. The molecule has 5 rings (SSSR count). The quantitative estimate of drug-likeness (QED) is 0.429. The van der Waals surface area contributed by atoms with E-state index in [4.69, 9.17) is 15.1 Å². The van der Waals surface area contributed by atoms with Crippen LogP contribution in [0.25, 0.3) is 39.5 Å². The first-order valence-electron chi connectivity index (χ1n) is 9.25. The number of aromatic nitrogens is 4. The van der Waals surface area contributed by atoms with Gasteiger partial charge in [0.2, 0.25) is 0 Å². The Kier molecular flexibility index (Phi) is 3.95. The highest BCUT2D eigenvalue weighted by Crippen LogP contribution is 2.31. The van der Waals surface area contributed by atoms with Gasteiger partial charge in [-0.05, 0) is 6.92 Å². The monoisotopic (exact) mass is 362 g/mol. The minimum Gasteiger partial charge on any atom is -0.214 e. The fourth-order valence-electron chi connectivity index (χ4n) is 3.49. The van der Waals surface area contributed by atoms with Crippen molar-refractivity contribution < 1.29 is 0 Å². The van der Waals surface area contributed by atoms with E-state index in [-0.39, 0.29) is 0 Å². The van der Waals surface area contributed by atoms with E-state index in [9.17, 15) is 0 Å². The first kappa shape index (κ1) is 16.4. The molecular formula is C24H18N4. The summed E-state index contributed by atoms with van der Waals surface area (Å²) in [6.45, 7) is 2.00. The van der Waals surface area contributed by atoms with E-state index in [1.807, 2.05) is 66.0 Å². The Morgan fingerprint density at radius 1 is 0.571 bits per heavy atom. The minimum absolute atomic E-state index is 0.606. The molecule has 0 aliphatic heterocycles. The fourth-order valence-corrected chi connectivity index (χ4v) is 3.49. The third kappa shape index (κ3) is 2.76. The molecule has 5 aromatic rings. The average molecular weight is 362 g/mol. The van der Waals surface area contributed by atoms with Gasteiger partial charge in [-0.3, -0.25) is 0 Å². The first-order chi connectivity index (χ1) is 13.8. The number of hydrogen-bond acceptors (Lipinski definition) is 3. The molecule has 0 saturated carbocycles. The van der Waals surface area contributed by atoms with Gasteiger partial charge in [-0.2, -0.15) is 9.61 Å². The molecular weight excluding hydrogens is 344 g/mol. The van der Waals surface area contributed by atoms with Gasteiger partial charge in [0, 0.05) is 16.7 Å². The topological polar surface area (TPSA) is 43.1 Å². The third-order valence-electron chi connectivity index (χ3n) is 4.79. The van der Waals surface area contributed by atoms with Gasteiger partial charge in [0.1, 0.15) is 11.4 Å². The zero-order chi connectivity index (χ0) is 18.9. The lowest BCUT2D eigenvalue weighted by Gasteiger charge is -2.10. The Morgan fingerprint density at radius 2 is 1.07 bits per heavy atom. The van der Waals surface area contributed by atoms with E-state index in [0.717, 1.165) is 39.5 Å². The van der Waals surface area contributed by atoms with Crippen molar-refractivity contribution in [3.8, 4) is 33.8 Å². The van der Waals surface area contributed by atoms with Crippen LogP contribution in [0.5, 0.6) is 0 Å². The van der Waals surface area contributed by atoms with Crippen LogP contribution >= 0.6 is 0 Å². The second-order valence-corrected chi connectivity index (χ2v) is 6.66. The Labute approximate surface area is 163 Å². The van der Waals surface area contributed by atoms with Crippen molar-refractivity contribution in [2.45, 2.75) is 6.92 Å². The summed E-state index contributed by atoms with van der Waals surface area (Å²) in [5.74, 6) is 0.606. The lowest BCUT2D eigenvalue weighted by Crippen LogP contribution is -2.03. The number of benzene rings is 3. The summed E-state index contributed by atoms with van der Waals surface area (Å²) in [6.07, 6.45) is 0. The summed E-state index contributed by atoms with van der Waals surface area (Å²) in [5.41, 5.74) is 6.70. The van der Waals surface area contributed by atoms with Gasteiger partial charge < -0.3 is 0 Å². The normalized spacial score (nSPS) is 11.0. The SMILES string of the molecule is Cc1nc2nc(-c3ccccc3)c(-c3ccccc3)nn2c1-c1ccccc1. The highest BCUT2D eigenvalue weighted by Gasteiger charge is 2.18. The van der Waals surface area contributed by atoms with Crippen LogP contribution in [-0.4, -0.2) is 19.6 Å². The van der Waals surface area contributed by atoms with E-state index in [0.29, 0.717) is 5.78 Å². The summed E-state index contributed by atoms with van der Waals surface area (Å²) >= 11 is 0. The van der Waals surface area contributed by atoms with E-state index < -0.39 is 0 Å². The fraction of sp³-hybridized carbons (Fsp3) is 0.0417. The highest BCUT2D eigenvalue weighted by molar-refractivity contribution is 5.79. The maximum Gasteiger partial charge on any atom is 0.252 e. The van der Waals surface area contributed by atoms with Gasteiger partial charge in [-0.25, -0.2) is 9.97 Å². The average Bonchev–Trinajstić information content (AvgIpc) is 3.09. The van der Waals surface area contributed by atoms with E-state index in [1.165, 1.54) is 0 Å². The lowest BCUT2D eigenvalue weighted by atomic mass is 10.0. The zero-order valence-corrected chi connectivity index (χ0v) is 15.4. The van der Waals surface area contributed by atoms with Crippen LogP contribution in [0, 0.1) is 6.92 Å². The van der Waals surface area contributed by atoms with E-state index in [1.54, 1.807) is 0 Å². The molecule has 0 unspecified atom stereocenters.